The van der Waals surface area contributed by atoms with Crippen molar-refractivity contribution in [3.8, 4) is 0 Å². The summed E-state index contributed by atoms with van der Waals surface area (Å²) >= 11 is 1.55. The average Bonchev–Trinajstić information content (AvgIpc) is 2.63. The standard InChI is InChI=1S/C13H16N2O4S2/c1-21(18,19)10-4-2-9(3-5-10)14-13(17)11-8-20-7-6-12(16)15-11/h2-5,11H,6-8H2,1H3,(H,14,17)(H,15,16)/t11-/m1/s1. The first-order chi connectivity index (χ1) is 9.86. The number of rotatable bonds is 3. The van der Waals surface area contributed by atoms with E-state index in [1.54, 1.807) is 11.8 Å². The molecule has 0 spiro atoms. The predicted molar refractivity (Wildman–Crippen MR) is 82.1 cm³/mol. The molecule has 2 amide bonds. The molecule has 2 N–H and O–H groups in total. The smallest absolute Gasteiger partial charge is 0.247 e. The zero-order valence-corrected chi connectivity index (χ0v) is 13.1. The minimum absolute atomic E-state index is 0.132. The molecule has 1 aliphatic rings. The summed E-state index contributed by atoms with van der Waals surface area (Å²) in [5.41, 5.74) is 0.496. The van der Waals surface area contributed by atoms with Crippen LogP contribution in [0, 0.1) is 0 Å². The molecular weight excluding hydrogens is 312 g/mol. The second kappa shape index (κ2) is 6.48. The SMILES string of the molecule is CS(=O)(=O)c1ccc(NC(=O)[C@H]2CSCCC(=O)N2)cc1. The van der Waals surface area contributed by atoms with E-state index in [4.69, 9.17) is 0 Å². The molecule has 0 saturated carbocycles. The van der Waals surface area contributed by atoms with Gasteiger partial charge in [0, 0.05) is 29.9 Å². The first-order valence-electron chi connectivity index (χ1n) is 6.34. The minimum atomic E-state index is -3.25. The molecule has 1 fully saturated rings. The maximum Gasteiger partial charge on any atom is 0.247 e. The summed E-state index contributed by atoms with van der Waals surface area (Å²) in [4.78, 5) is 23.7. The summed E-state index contributed by atoms with van der Waals surface area (Å²) in [5.74, 6) is 0.801. The van der Waals surface area contributed by atoms with Gasteiger partial charge in [0.15, 0.2) is 9.84 Å². The Morgan fingerprint density at radius 3 is 2.62 bits per heavy atom. The lowest BCUT2D eigenvalue weighted by atomic mass is 10.2. The lowest BCUT2D eigenvalue weighted by Crippen LogP contribution is -2.44. The molecule has 0 unspecified atom stereocenters. The first-order valence-corrected chi connectivity index (χ1v) is 9.39. The van der Waals surface area contributed by atoms with E-state index in [0.717, 1.165) is 6.26 Å². The molecule has 2 rings (SSSR count). The van der Waals surface area contributed by atoms with Gasteiger partial charge in [-0.25, -0.2) is 8.42 Å². The molecule has 0 aliphatic carbocycles. The summed E-state index contributed by atoms with van der Waals surface area (Å²) in [6, 6.07) is 5.36. The van der Waals surface area contributed by atoms with Gasteiger partial charge in [-0.2, -0.15) is 11.8 Å². The Morgan fingerprint density at radius 1 is 1.33 bits per heavy atom. The van der Waals surface area contributed by atoms with Crippen molar-refractivity contribution in [3.63, 3.8) is 0 Å². The number of nitrogens with one attached hydrogen (secondary N) is 2. The molecule has 0 aromatic heterocycles. The van der Waals surface area contributed by atoms with Crippen molar-refractivity contribution >= 4 is 39.1 Å². The van der Waals surface area contributed by atoms with E-state index in [0.29, 0.717) is 23.6 Å². The van der Waals surface area contributed by atoms with Crippen LogP contribution < -0.4 is 10.6 Å². The topological polar surface area (TPSA) is 92.3 Å². The second-order valence-corrected chi connectivity index (χ2v) is 7.90. The predicted octanol–water partition coefficient (Wildman–Crippen LogP) is 0.650. The van der Waals surface area contributed by atoms with Gasteiger partial charge in [-0.15, -0.1) is 0 Å². The van der Waals surface area contributed by atoms with Crippen LogP contribution in [-0.2, 0) is 19.4 Å². The molecule has 1 saturated heterocycles. The Morgan fingerprint density at radius 2 is 2.00 bits per heavy atom. The van der Waals surface area contributed by atoms with E-state index in [2.05, 4.69) is 10.6 Å². The largest absolute Gasteiger partial charge is 0.343 e. The number of hydrogen-bond donors (Lipinski definition) is 2. The number of carbonyl (C=O) groups excluding carboxylic acids is 2. The highest BCUT2D eigenvalue weighted by Gasteiger charge is 2.23. The fourth-order valence-electron chi connectivity index (χ4n) is 1.83. The number of benzene rings is 1. The zero-order valence-electron chi connectivity index (χ0n) is 11.5. The molecule has 6 nitrogen and oxygen atoms in total. The molecule has 1 aromatic carbocycles. The van der Waals surface area contributed by atoms with Crippen molar-refractivity contribution in [3.05, 3.63) is 24.3 Å². The van der Waals surface area contributed by atoms with Crippen molar-refractivity contribution in [1.29, 1.82) is 0 Å². The van der Waals surface area contributed by atoms with E-state index < -0.39 is 15.9 Å². The Bertz CT molecular complexity index is 641. The van der Waals surface area contributed by atoms with E-state index >= 15 is 0 Å². The Hall–Kier alpha value is -1.54. The quantitative estimate of drug-likeness (QED) is 0.850. The molecule has 0 radical (unpaired) electrons. The minimum Gasteiger partial charge on any atom is -0.343 e. The highest BCUT2D eigenvalue weighted by molar-refractivity contribution is 7.99. The summed E-state index contributed by atoms with van der Waals surface area (Å²) < 4.78 is 22.7. The Kier molecular flexibility index (Phi) is 4.89. The van der Waals surface area contributed by atoms with Gasteiger partial charge >= 0.3 is 0 Å². The molecular formula is C13H16N2O4S2. The number of amides is 2. The average molecular weight is 328 g/mol. The van der Waals surface area contributed by atoms with Gasteiger partial charge in [0.25, 0.3) is 0 Å². The van der Waals surface area contributed by atoms with Crippen LogP contribution in [-0.4, -0.2) is 44.0 Å². The van der Waals surface area contributed by atoms with Gasteiger partial charge in [-0.05, 0) is 24.3 Å². The van der Waals surface area contributed by atoms with Gasteiger partial charge in [0.2, 0.25) is 11.8 Å². The number of hydrogen-bond acceptors (Lipinski definition) is 5. The van der Waals surface area contributed by atoms with E-state index in [1.807, 2.05) is 0 Å². The van der Waals surface area contributed by atoms with Crippen LogP contribution in [0.15, 0.2) is 29.2 Å². The summed E-state index contributed by atoms with van der Waals surface area (Å²) in [6.07, 6.45) is 1.54. The third-order valence-corrected chi connectivity index (χ3v) is 5.15. The molecule has 1 aliphatic heterocycles. The third kappa shape index (κ3) is 4.47. The van der Waals surface area contributed by atoms with Crippen LogP contribution in [0.5, 0.6) is 0 Å². The van der Waals surface area contributed by atoms with Crippen LogP contribution in [0.1, 0.15) is 6.42 Å². The van der Waals surface area contributed by atoms with E-state index in [9.17, 15) is 18.0 Å². The lowest BCUT2D eigenvalue weighted by molar-refractivity contribution is -0.125. The van der Waals surface area contributed by atoms with Crippen LogP contribution in [0.3, 0.4) is 0 Å². The van der Waals surface area contributed by atoms with Crippen LogP contribution in [0.25, 0.3) is 0 Å². The molecule has 1 aromatic rings. The maximum absolute atomic E-state index is 12.1. The van der Waals surface area contributed by atoms with Crippen molar-refractivity contribution in [1.82, 2.24) is 5.32 Å². The molecule has 1 atom stereocenters. The van der Waals surface area contributed by atoms with Crippen LogP contribution in [0.4, 0.5) is 5.69 Å². The van der Waals surface area contributed by atoms with Gasteiger partial charge in [-0.3, -0.25) is 9.59 Å². The van der Waals surface area contributed by atoms with E-state index in [1.165, 1.54) is 24.3 Å². The molecule has 1 heterocycles. The molecule has 0 bridgehead atoms. The van der Waals surface area contributed by atoms with Crippen molar-refractivity contribution in [2.24, 2.45) is 0 Å². The third-order valence-electron chi connectivity index (χ3n) is 2.96. The van der Waals surface area contributed by atoms with Gasteiger partial charge < -0.3 is 10.6 Å². The number of thioether (sulfide) groups is 1. The lowest BCUT2D eigenvalue weighted by Gasteiger charge is -2.15. The summed E-state index contributed by atoms with van der Waals surface area (Å²) in [7, 11) is -3.25. The van der Waals surface area contributed by atoms with Crippen molar-refractivity contribution in [2.75, 3.05) is 23.1 Å². The number of anilines is 1. The van der Waals surface area contributed by atoms with Crippen molar-refractivity contribution < 1.29 is 18.0 Å². The molecule has 114 valence electrons. The van der Waals surface area contributed by atoms with Crippen molar-refractivity contribution in [2.45, 2.75) is 17.4 Å². The second-order valence-electron chi connectivity index (χ2n) is 4.73. The van der Waals surface area contributed by atoms with Crippen LogP contribution >= 0.6 is 11.8 Å². The molecule has 8 heteroatoms. The normalized spacial score (nSPS) is 19.5. The molecule has 21 heavy (non-hydrogen) atoms. The highest BCUT2D eigenvalue weighted by Crippen LogP contribution is 2.15. The maximum atomic E-state index is 12.1. The summed E-state index contributed by atoms with van der Waals surface area (Å²) in [6.45, 7) is 0. The highest BCUT2D eigenvalue weighted by atomic mass is 32.2. The monoisotopic (exact) mass is 328 g/mol. The summed E-state index contributed by atoms with van der Waals surface area (Å²) in [5, 5.41) is 5.34. The van der Waals surface area contributed by atoms with Gasteiger partial charge in [-0.1, -0.05) is 0 Å². The fraction of sp³-hybridized carbons (Fsp3) is 0.385. The van der Waals surface area contributed by atoms with Gasteiger partial charge in [0.05, 0.1) is 4.90 Å². The first kappa shape index (κ1) is 15.8. The van der Waals surface area contributed by atoms with E-state index in [-0.39, 0.29) is 16.7 Å². The zero-order chi connectivity index (χ0) is 15.5. The Balaban J connectivity index is 2.03. The number of carbonyl (C=O) groups is 2. The number of sulfone groups is 1. The fourth-order valence-corrected chi connectivity index (χ4v) is 3.43. The van der Waals surface area contributed by atoms with Gasteiger partial charge in [0.1, 0.15) is 6.04 Å². The Labute approximate surface area is 127 Å². The van der Waals surface area contributed by atoms with Crippen LogP contribution in [0.2, 0.25) is 0 Å².